The molecular formula is C15H12ClF2NO2. The SMILES string of the molecule is O=C(NCC(O)c1ccccc1Cl)c1cccc(F)c1F. The van der Waals surface area contributed by atoms with Crippen LogP contribution in [0.2, 0.25) is 5.02 Å². The van der Waals surface area contributed by atoms with E-state index in [1.165, 1.54) is 6.07 Å². The van der Waals surface area contributed by atoms with E-state index < -0.39 is 29.2 Å². The number of carbonyl (C=O) groups is 1. The lowest BCUT2D eigenvalue weighted by Crippen LogP contribution is -2.29. The Morgan fingerprint density at radius 3 is 2.62 bits per heavy atom. The largest absolute Gasteiger partial charge is 0.387 e. The number of nitrogens with one attached hydrogen (secondary N) is 1. The first-order valence-electron chi connectivity index (χ1n) is 6.15. The highest BCUT2D eigenvalue weighted by Gasteiger charge is 2.17. The average molecular weight is 312 g/mol. The first-order valence-corrected chi connectivity index (χ1v) is 6.53. The van der Waals surface area contributed by atoms with Gasteiger partial charge in [0.05, 0.1) is 11.7 Å². The second kappa shape index (κ2) is 6.65. The van der Waals surface area contributed by atoms with Crippen molar-refractivity contribution in [3.8, 4) is 0 Å². The summed E-state index contributed by atoms with van der Waals surface area (Å²) < 4.78 is 26.5. The number of halogens is 3. The molecule has 21 heavy (non-hydrogen) atoms. The molecule has 0 heterocycles. The topological polar surface area (TPSA) is 49.3 Å². The van der Waals surface area contributed by atoms with Crippen molar-refractivity contribution in [2.75, 3.05) is 6.54 Å². The molecule has 0 aliphatic rings. The Bertz CT molecular complexity index is 664. The third-order valence-corrected chi connectivity index (χ3v) is 3.26. The fraction of sp³-hybridized carbons (Fsp3) is 0.133. The quantitative estimate of drug-likeness (QED) is 0.911. The van der Waals surface area contributed by atoms with Crippen LogP contribution in [0.25, 0.3) is 0 Å². The molecule has 6 heteroatoms. The second-order valence-corrected chi connectivity index (χ2v) is 4.76. The summed E-state index contributed by atoms with van der Waals surface area (Å²) in [5.41, 5.74) is 0.0283. The number of carbonyl (C=O) groups excluding carboxylic acids is 1. The normalized spacial score (nSPS) is 12.0. The monoisotopic (exact) mass is 311 g/mol. The van der Waals surface area contributed by atoms with Gasteiger partial charge < -0.3 is 10.4 Å². The highest BCUT2D eigenvalue weighted by atomic mass is 35.5. The van der Waals surface area contributed by atoms with Gasteiger partial charge in [0.1, 0.15) is 0 Å². The molecule has 1 atom stereocenters. The minimum atomic E-state index is -1.22. The standard InChI is InChI=1S/C15H12ClF2NO2/c16-11-6-2-1-4-9(11)13(20)8-19-15(21)10-5-3-7-12(17)14(10)18/h1-7,13,20H,8H2,(H,19,21). The third kappa shape index (κ3) is 3.56. The van der Waals surface area contributed by atoms with Crippen molar-refractivity contribution in [3.05, 3.63) is 70.2 Å². The number of aliphatic hydroxyl groups is 1. The summed E-state index contributed by atoms with van der Waals surface area (Å²) in [5, 5.41) is 12.6. The molecule has 0 saturated carbocycles. The van der Waals surface area contributed by atoms with Crippen LogP contribution in [-0.2, 0) is 0 Å². The van der Waals surface area contributed by atoms with E-state index in [4.69, 9.17) is 11.6 Å². The van der Waals surface area contributed by atoms with Crippen molar-refractivity contribution in [1.29, 1.82) is 0 Å². The van der Waals surface area contributed by atoms with E-state index in [1.807, 2.05) is 0 Å². The van der Waals surface area contributed by atoms with Crippen molar-refractivity contribution < 1.29 is 18.7 Å². The van der Waals surface area contributed by atoms with Gasteiger partial charge >= 0.3 is 0 Å². The zero-order valence-electron chi connectivity index (χ0n) is 10.8. The first-order chi connectivity index (χ1) is 10.0. The van der Waals surface area contributed by atoms with Gasteiger partial charge in [-0.2, -0.15) is 0 Å². The lowest BCUT2D eigenvalue weighted by molar-refractivity contribution is 0.0911. The molecule has 110 valence electrons. The Labute approximate surface area is 125 Å². The number of aliphatic hydroxyl groups excluding tert-OH is 1. The molecule has 2 aromatic rings. The van der Waals surface area contributed by atoms with Crippen molar-refractivity contribution in [2.24, 2.45) is 0 Å². The molecule has 0 aliphatic carbocycles. The molecule has 2 rings (SSSR count). The number of benzene rings is 2. The Kier molecular flexibility index (Phi) is 4.88. The van der Waals surface area contributed by atoms with Gasteiger partial charge in [-0.1, -0.05) is 35.9 Å². The molecule has 0 spiro atoms. The van der Waals surface area contributed by atoms with E-state index in [-0.39, 0.29) is 6.54 Å². The lowest BCUT2D eigenvalue weighted by atomic mass is 10.1. The first kappa shape index (κ1) is 15.4. The molecule has 1 amide bonds. The number of hydrogen-bond acceptors (Lipinski definition) is 2. The molecule has 0 aromatic heterocycles. The Morgan fingerprint density at radius 2 is 1.90 bits per heavy atom. The van der Waals surface area contributed by atoms with Crippen LogP contribution in [0, 0.1) is 11.6 Å². The second-order valence-electron chi connectivity index (χ2n) is 4.35. The van der Waals surface area contributed by atoms with Gasteiger partial charge in [0, 0.05) is 17.1 Å². The number of hydrogen-bond donors (Lipinski definition) is 2. The van der Waals surface area contributed by atoms with Crippen LogP contribution < -0.4 is 5.32 Å². The predicted octanol–water partition coefficient (Wildman–Crippen LogP) is 3.08. The van der Waals surface area contributed by atoms with Crippen LogP contribution in [0.5, 0.6) is 0 Å². The maximum absolute atomic E-state index is 13.4. The van der Waals surface area contributed by atoms with Crippen molar-refractivity contribution in [2.45, 2.75) is 6.10 Å². The molecule has 0 fully saturated rings. The van der Waals surface area contributed by atoms with Crippen LogP contribution in [-0.4, -0.2) is 17.6 Å². The van der Waals surface area contributed by atoms with Crippen LogP contribution >= 0.6 is 11.6 Å². The summed E-state index contributed by atoms with van der Waals surface area (Å²) in [6.07, 6.45) is -1.04. The molecule has 3 nitrogen and oxygen atoms in total. The average Bonchev–Trinajstić information content (AvgIpc) is 2.47. The third-order valence-electron chi connectivity index (χ3n) is 2.92. The fourth-order valence-corrected chi connectivity index (χ4v) is 2.08. The Hall–Kier alpha value is -1.98. The molecule has 0 bridgehead atoms. The van der Waals surface area contributed by atoms with Gasteiger partial charge in [-0.25, -0.2) is 8.78 Å². The summed E-state index contributed by atoms with van der Waals surface area (Å²) in [7, 11) is 0. The van der Waals surface area contributed by atoms with Gasteiger partial charge in [-0.15, -0.1) is 0 Å². The Morgan fingerprint density at radius 1 is 1.19 bits per heavy atom. The van der Waals surface area contributed by atoms with E-state index >= 15 is 0 Å². The van der Waals surface area contributed by atoms with Crippen LogP contribution in [0.3, 0.4) is 0 Å². The molecular weight excluding hydrogens is 300 g/mol. The molecule has 1 unspecified atom stereocenters. The summed E-state index contributed by atoms with van der Waals surface area (Å²) in [4.78, 5) is 11.8. The van der Waals surface area contributed by atoms with Gasteiger partial charge in [0.15, 0.2) is 11.6 Å². The maximum atomic E-state index is 13.4. The highest BCUT2D eigenvalue weighted by molar-refractivity contribution is 6.31. The molecule has 0 aliphatic heterocycles. The van der Waals surface area contributed by atoms with E-state index in [9.17, 15) is 18.7 Å². The number of amides is 1. The molecule has 0 saturated heterocycles. The van der Waals surface area contributed by atoms with E-state index in [2.05, 4.69) is 5.32 Å². The molecule has 0 radical (unpaired) electrons. The minimum absolute atomic E-state index is 0.168. The van der Waals surface area contributed by atoms with Gasteiger partial charge in [-0.05, 0) is 18.2 Å². The molecule has 2 N–H and O–H groups in total. The van der Waals surface area contributed by atoms with Gasteiger partial charge in [-0.3, -0.25) is 4.79 Å². The van der Waals surface area contributed by atoms with Crippen molar-refractivity contribution in [1.82, 2.24) is 5.32 Å². The highest BCUT2D eigenvalue weighted by Crippen LogP contribution is 2.22. The minimum Gasteiger partial charge on any atom is -0.387 e. The summed E-state index contributed by atoms with van der Waals surface area (Å²) >= 11 is 5.92. The van der Waals surface area contributed by atoms with E-state index in [1.54, 1.807) is 24.3 Å². The zero-order valence-corrected chi connectivity index (χ0v) is 11.6. The summed E-state index contributed by atoms with van der Waals surface area (Å²) in [6.45, 7) is -0.168. The van der Waals surface area contributed by atoms with Gasteiger partial charge in [0.25, 0.3) is 5.91 Å². The van der Waals surface area contributed by atoms with Crippen LogP contribution in [0.15, 0.2) is 42.5 Å². The predicted molar refractivity (Wildman–Crippen MR) is 75.1 cm³/mol. The smallest absolute Gasteiger partial charge is 0.254 e. The van der Waals surface area contributed by atoms with Crippen molar-refractivity contribution in [3.63, 3.8) is 0 Å². The number of rotatable bonds is 4. The van der Waals surface area contributed by atoms with E-state index in [0.29, 0.717) is 10.6 Å². The van der Waals surface area contributed by atoms with Crippen LogP contribution in [0.4, 0.5) is 8.78 Å². The van der Waals surface area contributed by atoms with Crippen LogP contribution in [0.1, 0.15) is 22.0 Å². The summed E-state index contributed by atoms with van der Waals surface area (Å²) in [6, 6.07) is 9.94. The Balaban J connectivity index is 2.04. The fourth-order valence-electron chi connectivity index (χ4n) is 1.82. The maximum Gasteiger partial charge on any atom is 0.254 e. The lowest BCUT2D eigenvalue weighted by Gasteiger charge is -2.14. The zero-order chi connectivity index (χ0) is 15.4. The van der Waals surface area contributed by atoms with Crippen molar-refractivity contribution >= 4 is 17.5 Å². The van der Waals surface area contributed by atoms with E-state index in [0.717, 1.165) is 12.1 Å². The molecule has 2 aromatic carbocycles. The van der Waals surface area contributed by atoms with Gasteiger partial charge in [0.2, 0.25) is 0 Å². The summed E-state index contributed by atoms with van der Waals surface area (Å²) in [5.74, 6) is -3.13.